The Hall–Kier alpha value is -3.01. The standard InChI is InChI=1S/C22H20N2O4/c1-21-9-10-22(28-21,11-12-25)18-17(21)19(26)24(20(18)27)16-8-7-15(23-2)13-5-3-4-6-14(13)16/h3-8,25-27H,9-12H2,1H3. The summed E-state index contributed by atoms with van der Waals surface area (Å²) in [5.41, 5.74) is 0.829. The summed E-state index contributed by atoms with van der Waals surface area (Å²) in [6.45, 7) is 9.25. The Morgan fingerprint density at radius 3 is 2.50 bits per heavy atom. The lowest BCUT2D eigenvalue weighted by atomic mass is 9.78. The summed E-state index contributed by atoms with van der Waals surface area (Å²) in [5.74, 6) is -0.111. The Kier molecular flexibility index (Phi) is 3.36. The lowest BCUT2D eigenvalue weighted by molar-refractivity contribution is -0.0887. The Morgan fingerprint density at radius 2 is 1.79 bits per heavy atom. The number of aliphatic hydroxyl groups is 1. The fourth-order valence-corrected chi connectivity index (χ4v) is 5.08. The molecular weight excluding hydrogens is 356 g/mol. The zero-order valence-corrected chi connectivity index (χ0v) is 15.4. The number of hydrogen-bond acceptors (Lipinski definition) is 4. The first-order valence-corrected chi connectivity index (χ1v) is 9.34. The quantitative estimate of drug-likeness (QED) is 0.599. The summed E-state index contributed by atoms with van der Waals surface area (Å²) in [5, 5.41) is 33.4. The van der Waals surface area contributed by atoms with Crippen LogP contribution in [0, 0.1) is 6.57 Å². The number of fused-ring (bicyclic) bond motifs is 6. The van der Waals surface area contributed by atoms with Crippen LogP contribution in [0.15, 0.2) is 36.4 Å². The highest BCUT2D eigenvalue weighted by molar-refractivity contribution is 6.00. The average molecular weight is 376 g/mol. The molecule has 28 heavy (non-hydrogen) atoms. The highest BCUT2D eigenvalue weighted by Crippen LogP contribution is 2.65. The smallest absolute Gasteiger partial charge is 0.205 e. The van der Waals surface area contributed by atoms with E-state index in [1.54, 1.807) is 12.1 Å². The van der Waals surface area contributed by atoms with E-state index in [1.165, 1.54) is 4.57 Å². The zero-order valence-electron chi connectivity index (χ0n) is 15.4. The van der Waals surface area contributed by atoms with Crippen LogP contribution >= 0.6 is 0 Å². The first-order chi connectivity index (χ1) is 13.5. The zero-order chi connectivity index (χ0) is 19.7. The minimum absolute atomic E-state index is 0.0461. The van der Waals surface area contributed by atoms with E-state index in [1.807, 2.05) is 31.2 Å². The average Bonchev–Trinajstić information content (AvgIpc) is 3.26. The van der Waals surface area contributed by atoms with Crippen molar-refractivity contribution in [2.45, 2.75) is 37.4 Å². The van der Waals surface area contributed by atoms with Crippen LogP contribution in [0.1, 0.15) is 37.3 Å². The van der Waals surface area contributed by atoms with Gasteiger partial charge in [0.05, 0.1) is 29.0 Å². The van der Waals surface area contributed by atoms with Crippen LogP contribution in [0.3, 0.4) is 0 Å². The molecule has 1 aromatic heterocycles. The number of rotatable bonds is 3. The summed E-state index contributed by atoms with van der Waals surface area (Å²) in [6.07, 6.45) is 1.77. The van der Waals surface area contributed by atoms with Gasteiger partial charge in [-0.1, -0.05) is 30.3 Å². The number of aromatic hydroxyl groups is 2. The Bertz CT molecular complexity index is 1170. The topological polar surface area (TPSA) is 79.2 Å². The highest BCUT2D eigenvalue weighted by atomic mass is 16.5. The van der Waals surface area contributed by atoms with Crippen LogP contribution in [0.4, 0.5) is 5.69 Å². The highest BCUT2D eigenvalue weighted by Gasteiger charge is 2.61. The van der Waals surface area contributed by atoms with E-state index in [0.717, 1.165) is 10.8 Å². The number of hydrogen-bond donors (Lipinski definition) is 3. The molecule has 3 aromatic rings. The molecule has 0 radical (unpaired) electrons. The van der Waals surface area contributed by atoms with E-state index < -0.39 is 11.2 Å². The molecule has 0 aliphatic carbocycles. The van der Waals surface area contributed by atoms with Crippen molar-refractivity contribution in [1.29, 1.82) is 0 Å². The van der Waals surface area contributed by atoms with Crippen molar-refractivity contribution in [3.8, 4) is 17.4 Å². The molecule has 6 heteroatoms. The van der Waals surface area contributed by atoms with Crippen molar-refractivity contribution < 1.29 is 20.1 Å². The Labute approximate surface area is 162 Å². The van der Waals surface area contributed by atoms with Crippen molar-refractivity contribution in [3.05, 3.63) is 58.9 Å². The molecule has 6 nitrogen and oxygen atoms in total. The molecule has 2 aromatic carbocycles. The Morgan fingerprint density at radius 1 is 1.07 bits per heavy atom. The number of aliphatic hydroxyl groups excluding tert-OH is 1. The fourth-order valence-electron chi connectivity index (χ4n) is 5.08. The fraction of sp³-hybridized carbons (Fsp3) is 0.318. The number of aromatic nitrogens is 1. The molecule has 0 spiro atoms. The van der Waals surface area contributed by atoms with Crippen molar-refractivity contribution in [3.63, 3.8) is 0 Å². The maximum absolute atomic E-state index is 11.2. The van der Waals surface area contributed by atoms with Gasteiger partial charge in [0.2, 0.25) is 11.8 Å². The third kappa shape index (κ3) is 1.93. The largest absolute Gasteiger partial charge is 0.494 e. The van der Waals surface area contributed by atoms with Crippen molar-refractivity contribution in [2.24, 2.45) is 0 Å². The molecule has 2 atom stereocenters. The number of nitrogens with zero attached hydrogens (tertiary/aromatic N) is 2. The van der Waals surface area contributed by atoms with Crippen LogP contribution in [-0.2, 0) is 15.9 Å². The molecule has 2 bridgehead atoms. The molecule has 3 heterocycles. The molecular formula is C22H20N2O4. The molecule has 142 valence electrons. The monoisotopic (exact) mass is 376 g/mol. The van der Waals surface area contributed by atoms with Gasteiger partial charge in [-0.05, 0) is 36.6 Å². The van der Waals surface area contributed by atoms with E-state index >= 15 is 0 Å². The predicted molar refractivity (Wildman–Crippen MR) is 104 cm³/mol. The van der Waals surface area contributed by atoms with Crippen molar-refractivity contribution >= 4 is 16.5 Å². The molecule has 2 aliphatic heterocycles. The van der Waals surface area contributed by atoms with Gasteiger partial charge in [0.25, 0.3) is 0 Å². The third-order valence-electron chi connectivity index (χ3n) is 6.29. The van der Waals surface area contributed by atoms with Crippen LogP contribution in [0.25, 0.3) is 21.3 Å². The van der Waals surface area contributed by atoms with Crippen molar-refractivity contribution in [1.82, 2.24) is 4.57 Å². The number of benzene rings is 2. The van der Waals surface area contributed by atoms with E-state index in [0.29, 0.717) is 41.8 Å². The van der Waals surface area contributed by atoms with Gasteiger partial charge in [-0.3, -0.25) is 4.57 Å². The summed E-state index contributed by atoms with van der Waals surface area (Å²) in [4.78, 5) is 3.58. The van der Waals surface area contributed by atoms with Crippen LogP contribution < -0.4 is 0 Å². The molecule has 1 saturated heterocycles. The molecule has 1 fully saturated rings. The molecule has 0 amide bonds. The van der Waals surface area contributed by atoms with Gasteiger partial charge >= 0.3 is 0 Å². The second-order valence-electron chi connectivity index (χ2n) is 7.79. The van der Waals surface area contributed by atoms with Crippen LogP contribution in [0.5, 0.6) is 11.8 Å². The van der Waals surface area contributed by atoms with Gasteiger partial charge in [0.15, 0.2) is 5.69 Å². The van der Waals surface area contributed by atoms with Gasteiger partial charge in [-0.2, -0.15) is 0 Å². The van der Waals surface area contributed by atoms with Gasteiger partial charge < -0.3 is 20.1 Å². The van der Waals surface area contributed by atoms with Gasteiger partial charge in [-0.25, -0.2) is 4.85 Å². The van der Waals surface area contributed by atoms with Gasteiger partial charge in [0.1, 0.15) is 5.60 Å². The molecule has 3 N–H and O–H groups in total. The molecule has 5 rings (SSSR count). The maximum Gasteiger partial charge on any atom is 0.205 e. The first kappa shape index (κ1) is 17.1. The number of ether oxygens (including phenoxy) is 1. The predicted octanol–water partition coefficient (Wildman–Crippen LogP) is 4.21. The summed E-state index contributed by atoms with van der Waals surface area (Å²) < 4.78 is 7.69. The Balaban J connectivity index is 1.83. The van der Waals surface area contributed by atoms with E-state index in [2.05, 4.69) is 4.85 Å². The second-order valence-corrected chi connectivity index (χ2v) is 7.79. The first-order valence-electron chi connectivity index (χ1n) is 9.34. The van der Waals surface area contributed by atoms with E-state index in [9.17, 15) is 15.3 Å². The summed E-state index contributed by atoms with van der Waals surface area (Å²) in [6, 6.07) is 10.9. The van der Waals surface area contributed by atoms with Gasteiger partial charge in [0, 0.05) is 13.0 Å². The van der Waals surface area contributed by atoms with Crippen LogP contribution in [0.2, 0.25) is 0 Å². The minimum Gasteiger partial charge on any atom is -0.494 e. The van der Waals surface area contributed by atoms with Gasteiger partial charge in [-0.15, -0.1) is 0 Å². The lowest BCUT2D eigenvalue weighted by Crippen LogP contribution is -2.24. The second kappa shape index (κ2) is 5.51. The maximum atomic E-state index is 11.2. The van der Waals surface area contributed by atoms with E-state index in [4.69, 9.17) is 11.3 Å². The third-order valence-corrected chi connectivity index (χ3v) is 6.29. The summed E-state index contributed by atoms with van der Waals surface area (Å²) >= 11 is 0. The van der Waals surface area contributed by atoms with E-state index in [-0.39, 0.29) is 18.4 Å². The summed E-state index contributed by atoms with van der Waals surface area (Å²) in [7, 11) is 0. The van der Waals surface area contributed by atoms with Crippen LogP contribution in [-0.4, -0.2) is 26.5 Å². The molecule has 0 saturated carbocycles. The SMILES string of the molecule is [C-]#[N+]c1ccc(-n2c(O)c3c(c2O)C2(CCO)CCC3(C)O2)c2ccccc12. The molecule has 2 unspecified atom stereocenters. The minimum atomic E-state index is -0.780. The normalized spacial score (nSPS) is 25.2. The van der Waals surface area contributed by atoms with Crippen molar-refractivity contribution in [2.75, 3.05) is 6.61 Å². The lowest BCUT2D eigenvalue weighted by Gasteiger charge is -2.25. The molecule has 2 aliphatic rings.